The molecule has 1 aliphatic heterocycles. The lowest BCUT2D eigenvalue weighted by Crippen LogP contribution is -2.35. The molecule has 2 aromatic rings. The van der Waals surface area contributed by atoms with Crippen LogP contribution in [0.3, 0.4) is 0 Å². The maximum atomic E-state index is 13.0. The van der Waals surface area contributed by atoms with Crippen molar-refractivity contribution < 1.29 is 12.8 Å². The highest BCUT2D eigenvalue weighted by Gasteiger charge is 2.27. The number of anilines is 1. The van der Waals surface area contributed by atoms with Crippen molar-refractivity contribution in [3.8, 4) is 0 Å². The Balaban J connectivity index is 1.78. The molecule has 0 N–H and O–H groups in total. The van der Waals surface area contributed by atoms with Gasteiger partial charge in [0, 0.05) is 38.6 Å². The quantitative estimate of drug-likeness (QED) is 0.834. The molecule has 1 aliphatic rings. The van der Waals surface area contributed by atoms with Crippen LogP contribution in [-0.2, 0) is 10.0 Å². The number of pyridine rings is 1. The molecule has 1 aromatic heterocycles. The monoisotopic (exact) mass is 369 g/mol. The number of rotatable bonds is 3. The highest BCUT2D eigenvalue weighted by Crippen LogP contribution is 2.26. The maximum Gasteiger partial charge on any atom is 0.243 e. The van der Waals surface area contributed by atoms with Gasteiger partial charge in [0.2, 0.25) is 10.0 Å². The van der Waals surface area contributed by atoms with Crippen LogP contribution in [0.2, 0.25) is 5.02 Å². The Hall–Kier alpha value is -1.70. The summed E-state index contributed by atoms with van der Waals surface area (Å²) in [6, 6.07) is 6.74. The molecule has 0 saturated carbocycles. The van der Waals surface area contributed by atoms with E-state index in [0.29, 0.717) is 37.6 Å². The van der Waals surface area contributed by atoms with Crippen molar-refractivity contribution in [3.63, 3.8) is 0 Å². The van der Waals surface area contributed by atoms with Crippen molar-refractivity contribution in [2.75, 3.05) is 31.1 Å². The number of hydrogen-bond donors (Lipinski definition) is 0. The molecule has 8 heteroatoms. The molecule has 0 radical (unpaired) electrons. The van der Waals surface area contributed by atoms with Crippen LogP contribution in [-0.4, -0.2) is 43.9 Å². The van der Waals surface area contributed by atoms with E-state index in [0.717, 1.165) is 17.8 Å². The lowest BCUT2D eigenvalue weighted by atomic mass is 10.3. The zero-order valence-electron chi connectivity index (χ0n) is 12.9. The molecule has 0 amide bonds. The van der Waals surface area contributed by atoms with E-state index in [-0.39, 0.29) is 4.90 Å². The molecule has 128 valence electrons. The molecule has 1 aromatic carbocycles. The lowest BCUT2D eigenvalue weighted by Gasteiger charge is -2.24. The highest BCUT2D eigenvalue weighted by molar-refractivity contribution is 7.89. The molecule has 1 fully saturated rings. The van der Waals surface area contributed by atoms with Crippen molar-refractivity contribution in [1.29, 1.82) is 0 Å². The van der Waals surface area contributed by atoms with Crippen LogP contribution in [0.15, 0.2) is 47.6 Å². The summed E-state index contributed by atoms with van der Waals surface area (Å²) in [6.45, 7) is 2.00. The summed E-state index contributed by atoms with van der Waals surface area (Å²) >= 11 is 6.18. The van der Waals surface area contributed by atoms with Crippen LogP contribution in [0.1, 0.15) is 6.42 Å². The van der Waals surface area contributed by atoms with Gasteiger partial charge in [-0.05, 0) is 36.8 Å². The maximum absolute atomic E-state index is 13.0. The van der Waals surface area contributed by atoms with Crippen molar-refractivity contribution in [2.24, 2.45) is 0 Å². The average molecular weight is 370 g/mol. The first-order valence-corrected chi connectivity index (χ1v) is 9.40. The van der Waals surface area contributed by atoms with E-state index >= 15 is 0 Å². The predicted molar refractivity (Wildman–Crippen MR) is 91.2 cm³/mol. The Bertz CT molecular complexity index is 814. The molecule has 0 unspecified atom stereocenters. The molecular weight excluding hydrogens is 353 g/mol. The second-order valence-electron chi connectivity index (χ2n) is 5.53. The third-order valence-electron chi connectivity index (χ3n) is 4.00. The molecule has 5 nitrogen and oxygen atoms in total. The van der Waals surface area contributed by atoms with Crippen LogP contribution in [0.4, 0.5) is 10.1 Å². The van der Waals surface area contributed by atoms with Gasteiger partial charge in [-0.25, -0.2) is 12.8 Å². The van der Waals surface area contributed by atoms with E-state index in [1.54, 1.807) is 12.4 Å². The average Bonchev–Trinajstić information content (AvgIpc) is 2.82. The van der Waals surface area contributed by atoms with Gasteiger partial charge in [0.25, 0.3) is 0 Å². The minimum absolute atomic E-state index is 0.110. The smallest absolute Gasteiger partial charge is 0.243 e. The minimum Gasteiger partial charge on any atom is -0.369 e. The number of halogens is 2. The fraction of sp³-hybridized carbons (Fsp3) is 0.312. The lowest BCUT2D eigenvalue weighted by molar-refractivity contribution is 0.433. The van der Waals surface area contributed by atoms with E-state index in [1.807, 2.05) is 6.07 Å². The molecule has 3 rings (SSSR count). The van der Waals surface area contributed by atoms with Crippen LogP contribution in [0, 0.1) is 5.82 Å². The molecule has 0 atom stereocenters. The molecule has 0 bridgehead atoms. The normalized spacial score (nSPS) is 16.8. The standard InChI is InChI=1S/C16H17ClFN3O2S/c17-15-12-19-7-6-16(15)20-8-1-9-21(11-10-20)24(22,23)14-4-2-13(18)3-5-14/h2-7,12H,1,8-11H2. The number of hydrogen-bond acceptors (Lipinski definition) is 4. The van der Waals surface area contributed by atoms with Crippen LogP contribution < -0.4 is 4.90 Å². The first kappa shape index (κ1) is 17.1. The van der Waals surface area contributed by atoms with Crippen LogP contribution in [0.5, 0.6) is 0 Å². The zero-order valence-corrected chi connectivity index (χ0v) is 14.5. The molecule has 0 spiro atoms. The van der Waals surface area contributed by atoms with Gasteiger partial charge in [0.05, 0.1) is 15.6 Å². The first-order valence-electron chi connectivity index (χ1n) is 7.58. The number of nitrogens with zero attached hydrogens (tertiary/aromatic N) is 3. The minimum atomic E-state index is -3.62. The van der Waals surface area contributed by atoms with Gasteiger partial charge < -0.3 is 4.90 Å². The van der Waals surface area contributed by atoms with Crippen LogP contribution >= 0.6 is 11.6 Å². The largest absolute Gasteiger partial charge is 0.369 e. The molecule has 1 saturated heterocycles. The highest BCUT2D eigenvalue weighted by atomic mass is 35.5. The van der Waals surface area contributed by atoms with E-state index in [4.69, 9.17) is 11.6 Å². The second kappa shape index (κ2) is 7.04. The van der Waals surface area contributed by atoms with Crippen molar-refractivity contribution in [1.82, 2.24) is 9.29 Å². The van der Waals surface area contributed by atoms with E-state index < -0.39 is 15.8 Å². The number of aromatic nitrogens is 1. The summed E-state index contributed by atoms with van der Waals surface area (Å²) in [5.74, 6) is -0.455. The zero-order chi connectivity index (χ0) is 17.2. The Kier molecular flexibility index (Phi) is 5.03. The van der Waals surface area contributed by atoms with Gasteiger partial charge in [0.15, 0.2) is 0 Å². The molecule has 24 heavy (non-hydrogen) atoms. The summed E-state index contributed by atoms with van der Waals surface area (Å²) in [6.07, 6.45) is 3.92. The molecular formula is C16H17ClFN3O2S. The number of sulfonamides is 1. The summed E-state index contributed by atoms with van der Waals surface area (Å²) in [5.41, 5.74) is 0.854. The third-order valence-corrected chi connectivity index (χ3v) is 6.20. The van der Waals surface area contributed by atoms with Crippen molar-refractivity contribution in [3.05, 3.63) is 53.6 Å². The SMILES string of the molecule is O=S(=O)(c1ccc(F)cc1)N1CCCN(c2ccncc2Cl)CC1. The Morgan fingerprint density at radius 1 is 1.04 bits per heavy atom. The summed E-state index contributed by atoms with van der Waals surface area (Å²) in [4.78, 5) is 6.14. The van der Waals surface area contributed by atoms with Gasteiger partial charge in [-0.15, -0.1) is 0 Å². The predicted octanol–water partition coefficient (Wildman–Crippen LogP) is 2.78. The Morgan fingerprint density at radius 2 is 1.79 bits per heavy atom. The van der Waals surface area contributed by atoms with Gasteiger partial charge in [-0.3, -0.25) is 4.98 Å². The molecule has 0 aliphatic carbocycles. The number of benzene rings is 1. The van der Waals surface area contributed by atoms with Gasteiger partial charge in [-0.2, -0.15) is 4.31 Å². The van der Waals surface area contributed by atoms with E-state index in [2.05, 4.69) is 9.88 Å². The van der Waals surface area contributed by atoms with Crippen molar-refractivity contribution in [2.45, 2.75) is 11.3 Å². The van der Waals surface area contributed by atoms with Crippen LogP contribution in [0.25, 0.3) is 0 Å². The summed E-state index contributed by atoms with van der Waals surface area (Å²) < 4.78 is 39.9. The Morgan fingerprint density at radius 3 is 2.50 bits per heavy atom. The molecule has 2 heterocycles. The van der Waals surface area contributed by atoms with E-state index in [9.17, 15) is 12.8 Å². The fourth-order valence-corrected chi connectivity index (χ4v) is 4.46. The Labute approximate surface area is 145 Å². The topological polar surface area (TPSA) is 53.5 Å². The van der Waals surface area contributed by atoms with Gasteiger partial charge in [0.1, 0.15) is 5.82 Å². The summed E-state index contributed by atoms with van der Waals surface area (Å²) in [5, 5.41) is 0.548. The fourth-order valence-electron chi connectivity index (χ4n) is 2.75. The second-order valence-corrected chi connectivity index (χ2v) is 7.87. The van der Waals surface area contributed by atoms with Gasteiger partial charge in [-0.1, -0.05) is 11.6 Å². The van der Waals surface area contributed by atoms with E-state index in [1.165, 1.54) is 16.4 Å². The van der Waals surface area contributed by atoms with Crippen molar-refractivity contribution >= 4 is 27.3 Å². The summed E-state index contributed by atoms with van der Waals surface area (Å²) in [7, 11) is -3.62. The van der Waals surface area contributed by atoms with Gasteiger partial charge >= 0.3 is 0 Å². The third kappa shape index (κ3) is 3.53. The first-order chi connectivity index (χ1) is 11.5.